The van der Waals surface area contributed by atoms with Crippen LogP contribution >= 0.6 is 7.82 Å². The lowest BCUT2D eigenvalue weighted by Crippen LogP contribution is -2.55. The van der Waals surface area contributed by atoms with Gasteiger partial charge in [-0.15, -0.1) is 0 Å². The summed E-state index contributed by atoms with van der Waals surface area (Å²) in [6, 6.07) is -0.543. The maximum Gasteiger partial charge on any atom is 0.471 e. The molecule has 32 nitrogen and oxygen atoms in total. The summed E-state index contributed by atoms with van der Waals surface area (Å²) in [6.07, 6.45) is 6.39. The second-order valence-electron chi connectivity index (χ2n) is 32.6. The summed E-state index contributed by atoms with van der Waals surface area (Å²) in [6.45, 7) is 4.35. The third-order valence-corrected chi connectivity index (χ3v) is 23.5. The molecule has 0 bridgehead atoms. The molecule has 0 aromatic rings. The first-order chi connectivity index (χ1) is 55.6. The van der Waals surface area contributed by atoms with Crippen LogP contribution in [0.15, 0.2) is 0 Å². The predicted molar refractivity (Wildman–Crippen MR) is 423 cm³/mol. The molecule has 0 aromatic carbocycles. The van der Waals surface area contributed by atoms with Crippen LogP contribution in [0, 0.1) is 23.2 Å². The Hall–Kier alpha value is -3.49. The average Bonchev–Trinajstić information content (AvgIpc) is 1.41. The number of phosphoric ester groups is 1. The van der Waals surface area contributed by atoms with Crippen LogP contribution in [-0.4, -0.2) is 293 Å². The number of aliphatic hydroxyl groups is 10. The molecule has 0 radical (unpaired) electrons. The molecule has 11 N–H and O–H groups in total. The molecule has 33 heteroatoms. The summed E-state index contributed by atoms with van der Waals surface area (Å²) < 4.78 is 74.3. The van der Waals surface area contributed by atoms with Crippen LogP contribution in [-0.2, 0) is 94.6 Å². The highest BCUT2D eigenvalue weighted by molar-refractivity contribution is 7.47. The van der Waals surface area contributed by atoms with Gasteiger partial charge in [0.05, 0.1) is 96.5 Å². The van der Waals surface area contributed by atoms with Crippen LogP contribution < -0.4 is 0 Å². The number of nitrogens with zero attached hydrogens (tertiary/aromatic N) is 1. The van der Waals surface area contributed by atoms with Crippen molar-refractivity contribution in [2.75, 3.05) is 99.5 Å². The van der Waals surface area contributed by atoms with E-state index in [9.17, 15) is 98.9 Å². The molecule has 18 atom stereocenters. The Bertz CT molecular complexity index is 2590. The Morgan fingerprint density at radius 2 is 0.655 bits per heavy atom. The molecular formula is C83H146NO31P. The molecule has 0 spiro atoms. The molecule has 4 saturated heterocycles. The molecule has 4 aliphatic rings. The molecular weight excluding hydrogens is 1540 g/mol. The second kappa shape index (κ2) is 60.1. The quantitative estimate of drug-likeness (QED) is 0.0219. The molecule has 1 amide bonds. The van der Waals surface area contributed by atoms with Gasteiger partial charge >= 0.3 is 7.82 Å². The Morgan fingerprint density at radius 1 is 0.379 bits per heavy atom. The lowest BCUT2D eigenvalue weighted by Gasteiger charge is -2.40. The van der Waals surface area contributed by atoms with Crippen molar-refractivity contribution < 1.29 is 151 Å². The highest BCUT2D eigenvalue weighted by Crippen LogP contribution is 2.43. The lowest BCUT2D eigenvalue weighted by molar-refractivity contribution is -0.282. The Kier molecular flexibility index (Phi) is 54.3. The molecule has 0 aromatic heterocycles. The maximum absolute atomic E-state index is 14.2. The molecule has 0 saturated carbocycles. The van der Waals surface area contributed by atoms with Crippen molar-refractivity contribution in [3.63, 3.8) is 0 Å². The number of hydrogen-bond acceptors (Lipinski definition) is 30. The monoisotopic (exact) mass is 1680 g/mol. The Balaban J connectivity index is 1.28. The van der Waals surface area contributed by atoms with Crippen molar-refractivity contribution in [3.8, 4) is 0 Å². The number of hydrogen-bond donors (Lipinski definition) is 11. The van der Waals surface area contributed by atoms with E-state index < -0.39 is 137 Å². The van der Waals surface area contributed by atoms with Gasteiger partial charge in [0.25, 0.3) is 0 Å². The fourth-order valence-corrected chi connectivity index (χ4v) is 15.4. The molecule has 16 unspecified atom stereocenters. The topological polar surface area (TPSA) is 481 Å². The number of phosphoric acid groups is 1. The first-order valence-electron chi connectivity index (χ1n) is 43.2. The first-order valence-corrected chi connectivity index (χ1v) is 44.7. The fraction of sp³-hybridized carbons (Fsp3) is 0.904. The summed E-state index contributed by atoms with van der Waals surface area (Å²) in [5, 5.41) is 100. The highest BCUT2D eigenvalue weighted by atomic mass is 31.2. The fourth-order valence-electron chi connectivity index (χ4n) is 14.9. The standard InChI is InChI=1S/C83H146NO31P/c1-58-74(97)77(100)70(51-85)113-80(58)109-42-25-22-34-62(88)28-15-11-18-31-65(91)39-45-106-55-83(49-68(94)37-14-9-7-5-6-8-10-21-38-73(96)84-50-69(95)48-61(84)54-112-116(103,104)105-4,56-107-46-40-66(92)32-19-12-16-29-63(89)35-23-26-43-110-81-59(2)75(98)78(101)71(52-86)114-81)57-108-47-41-67(93)33-20-13-17-30-64(90)36-24-27-44-111-82-60(3)76(99)79(102)72(53-87)115-82/h58-61,69-72,74-82,85-87,95,97-102H,5-57H2,1-4H3,(H,103,104)/t58?,59?,60?,61-,69+,70?,71?,72?,74?,75?,76?,77?,78?,79?,80?,81?,82?,83?/m0/s1. The Labute approximate surface area is 686 Å². The van der Waals surface area contributed by atoms with E-state index >= 15 is 0 Å². The van der Waals surface area contributed by atoms with Gasteiger partial charge in [0.2, 0.25) is 5.91 Å². The van der Waals surface area contributed by atoms with Crippen LogP contribution in [0.3, 0.4) is 0 Å². The zero-order chi connectivity index (χ0) is 85.3. The van der Waals surface area contributed by atoms with Gasteiger partial charge in [0, 0.05) is 153 Å². The van der Waals surface area contributed by atoms with Crippen LogP contribution in [0.4, 0.5) is 0 Å². The smallest absolute Gasteiger partial charge is 0.394 e. The number of carbonyl (C=O) groups is 8. The third-order valence-electron chi connectivity index (χ3n) is 22.5. The summed E-state index contributed by atoms with van der Waals surface area (Å²) in [4.78, 5) is 116. The zero-order valence-corrected chi connectivity index (χ0v) is 70.7. The van der Waals surface area contributed by atoms with Gasteiger partial charge in [0.1, 0.15) is 77.1 Å². The van der Waals surface area contributed by atoms with E-state index in [0.29, 0.717) is 148 Å². The number of Topliss-reactive ketones (excluding diaryl/α,β-unsaturated/α-hetero) is 7. The predicted octanol–water partition coefficient (Wildman–Crippen LogP) is 6.83. The summed E-state index contributed by atoms with van der Waals surface area (Å²) in [5.41, 5.74) is -1.08. The number of likely N-dealkylation sites (tertiary alicyclic amines) is 1. The summed E-state index contributed by atoms with van der Waals surface area (Å²) in [7, 11) is -3.20. The van der Waals surface area contributed by atoms with E-state index in [0.717, 1.165) is 45.6 Å². The Morgan fingerprint density at radius 3 is 0.966 bits per heavy atom. The highest BCUT2D eigenvalue weighted by Gasteiger charge is 2.46. The molecule has 4 fully saturated rings. The SMILES string of the molecule is COP(=O)(O)OC[C@@H]1C[C@@H](O)CN1C(=O)CCCCCCCCCCC(=O)CC(COCCC(=O)CCCCCC(=O)CCCCOC1OC(CO)C(O)C(O)C1C)(COCCC(=O)CCCCCC(=O)CCCCOC1OC(CO)C(O)C(O)C1C)COCCC(=O)CCCCCC(=O)CCCCOC1OC(CO)C(O)C(O)C1C. The van der Waals surface area contributed by atoms with Crippen LogP contribution in [0.25, 0.3) is 0 Å². The van der Waals surface area contributed by atoms with Crippen molar-refractivity contribution in [2.24, 2.45) is 23.2 Å². The van der Waals surface area contributed by atoms with Crippen molar-refractivity contribution >= 4 is 54.2 Å². The third kappa shape index (κ3) is 42.1. The van der Waals surface area contributed by atoms with Gasteiger partial charge in [-0.1, -0.05) is 78.6 Å². The van der Waals surface area contributed by atoms with Crippen LogP contribution in [0.5, 0.6) is 0 Å². The zero-order valence-electron chi connectivity index (χ0n) is 69.8. The number of rotatable bonds is 71. The minimum atomic E-state index is -4.25. The van der Waals surface area contributed by atoms with E-state index in [1.807, 2.05) is 0 Å². The van der Waals surface area contributed by atoms with E-state index in [-0.39, 0.29) is 183 Å². The molecule has 4 heterocycles. The minimum Gasteiger partial charge on any atom is -0.394 e. The second-order valence-corrected chi connectivity index (χ2v) is 34.1. The normalized spacial score (nSPS) is 26.7. The average molecular weight is 1690 g/mol. The molecule has 674 valence electrons. The molecule has 116 heavy (non-hydrogen) atoms. The molecule has 4 aliphatic heterocycles. The number of amides is 1. The number of β-amino-alcohol motifs (C(OH)–C–C–N with tert-alkyl or cyclic N) is 1. The lowest BCUT2D eigenvalue weighted by atomic mass is 9.83. The van der Waals surface area contributed by atoms with E-state index in [2.05, 4.69) is 4.52 Å². The van der Waals surface area contributed by atoms with E-state index in [1.54, 1.807) is 20.8 Å². The van der Waals surface area contributed by atoms with Crippen molar-refractivity contribution in [1.82, 2.24) is 4.90 Å². The number of ether oxygens (including phenoxy) is 9. The number of ketones is 7. The number of aliphatic hydroxyl groups excluding tert-OH is 10. The van der Waals surface area contributed by atoms with Crippen molar-refractivity contribution in [2.45, 2.75) is 357 Å². The van der Waals surface area contributed by atoms with E-state index in [4.69, 9.17) is 47.2 Å². The van der Waals surface area contributed by atoms with Gasteiger partial charge in [-0.2, -0.15) is 0 Å². The van der Waals surface area contributed by atoms with Crippen molar-refractivity contribution in [1.29, 1.82) is 0 Å². The molecule has 0 aliphatic carbocycles. The van der Waals surface area contributed by atoms with Crippen molar-refractivity contribution in [3.05, 3.63) is 0 Å². The van der Waals surface area contributed by atoms with Crippen LogP contribution in [0.1, 0.15) is 271 Å². The molecule has 4 rings (SSSR count). The number of carbonyl (C=O) groups excluding carboxylic acids is 8. The number of unbranched alkanes of at least 4 members (excludes halogenated alkanes) is 16. The van der Waals surface area contributed by atoms with Gasteiger partial charge < -0.3 is 103 Å². The minimum absolute atomic E-state index is 0.0154. The van der Waals surface area contributed by atoms with Gasteiger partial charge in [0.15, 0.2) is 18.9 Å². The van der Waals surface area contributed by atoms with Gasteiger partial charge in [-0.05, 0) is 96.3 Å². The summed E-state index contributed by atoms with van der Waals surface area (Å²) >= 11 is 0. The van der Waals surface area contributed by atoms with Gasteiger partial charge in [-0.25, -0.2) is 4.57 Å². The van der Waals surface area contributed by atoms with Gasteiger partial charge in [-0.3, -0.25) is 47.4 Å². The summed E-state index contributed by atoms with van der Waals surface area (Å²) in [5.74, 6) is -1.59. The first kappa shape index (κ1) is 105. The maximum atomic E-state index is 14.2. The van der Waals surface area contributed by atoms with E-state index in [1.165, 1.54) is 4.90 Å². The van der Waals surface area contributed by atoms with Crippen LogP contribution in [0.2, 0.25) is 0 Å². The largest absolute Gasteiger partial charge is 0.471 e.